The van der Waals surface area contributed by atoms with Crippen LogP contribution in [-0.2, 0) is 16.1 Å². The van der Waals surface area contributed by atoms with E-state index in [0.29, 0.717) is 12.3 Å². The van der Waals surface area contributed by atoms with Crippen LogP contribution in [-0.4, -0.2) is 70.7 Å². The molecule has 0 radical (unpaired) electrons. The third-order valence-corrected chi connectivity index (χ3v) is 5.20. The molecule has 1 atom stereocenters. The van der Waals surface area contributed by atoms with Crippen molar-refractivity contribution in [3.05, 3.63) is 23.9 Å². The van der Waals surface area contributed by atoms with Gasteiger partial charge in [0.05, 0.1) is 12.6 Å². The molecule has 1 aromatic rings. The Morgan fingerprint density at radius 2 is 2.07 bits per heavy atom. The van der Waals surface area contributed by atoms with E-state index in [1.54, 1.807) is 13.3 Å². The summed E-state index contributed by atoms with van der Waals surface area (Å²) in [4.78, 5) is 29.5. The van der Waals surface area contributed by atoms with Crippen LogP contribution in [0.4, 0.5) is 13.2 Å². The highest BCUT2D eigenvalue weighted by Crippen LogP contribution is 2.37. The van der Waals surface area contributed by atoms with Crippen molar-refractivity contribution in [2.24, 2.45) is 0 Å². The maximum absolute atomic E-state index is 11.9. The van der Waals surface area contributed by atoms with Crippen LogP contribution < -0.4 is 4.74 Å². The van der Waals surface area contributed by atoms with Crippen molar-refractivity contribution < 1.29 is 32.6 Å². The number of hydrogen-bond donors (Lipinski definition) is 1. The molecule has 1 amide bonds. The molecule has 28 heavy (non-hydrogen) atoms. The van der Waals surface area contributed by atoms with Gasteiger partial charge in [-0.05, 0) is 31.9 Å². The van der Waals surface area contributed by atoms with E-state index in [2.05, 4.69) is 16.0 Å². The number of rotatable bonds is 3. The van der Waals surface area contributed by atoms with Crippen LogP contribution >= 0.6 is 0 Å². The van der Waals surface area contributed by atoms with E-state index >= 15 is 0 Å². The highest BCUT2D eigenvalue weighted by Gasteiger charge is 2.45. The number of methoxy groups -OCH3 is 1. The Hall–Kier alpha value is -2.36. The number of piperidine rings is 1. The molecule has 0 bridgehead atoms. The molecule has 2 aliphatic rings. The molecule has 1 aromatic heterocycles. The molecule has 7 nitrogen and oxygen atoms in total. The Balaban J connectivity index is 0.000000345. The molecule has 2 saturated heterocycles. The Morgan fingerprint density at radius 1 is 1.39 bits per heavy atom. The van der Waals surface area contributed by atoms with Crippen molar-refractivity contribution in [3.63, 3.8) is 0 Å². The molecule has 156 valence electrons. The normalized spacial score (nSPS) is 22.8. The summed E-state index contributed by atoms with van der Waals surface area (Å²) in [5, 5.41) is 7.12. The number of carbonyl (C=O) groups excluding carboxylic acids is 1. The number of nitrogens with zero attached hydrogens (tertiary/aromatic N) is 3. The molecule has 0 aromatic carbocycles. The summed E-state index contributed by atoms with van der Waals surface area (Å²) in [6.45, 7) is 2.86. The Morgan fingerprint density at radius 3 is 2.61 bits per heavy atom. The number of alkyl halides is 3. The van der Waals surface area contributed by atoms with E-state index in [1.165, 1.54) is 0 Å². The summed E-state index contributed by atoms with van der Waals surface area (Å²) < 4.78 is 37.1. The predicted molar refractivity (Wildman–Crippen MR) is 93.7 cm³/mol. The third kappa shape index (κ3) is 5.12. The van der Waals surface area contributed by atoms with E-state index in [1.807, 2.05) is 18.0 Å². The van der Waals surface area contributed by atoms with Gasteiger partial charge in [0.15, 0.2) is 0 Å². The van der Waals surface area contributed by atoms with E-state index in [9.17, 15) is 18.0 Å². The molecule has 1 spiro atoms. The number of aliphatic carboxylic acids is 1. The summed E-state index contributed by atoms with van der Waals surface area (Å²) in [6, 6.07) is 4.01. The van der Waals surface area contributed by atoms with Gasteiger partial charge in [0, 0.05) is 38.3 Å². The van der Waals surface area contributed by atoms with Crippen molar-refractivity contribution in [2.75, 3.05) is 27.2 Å². The zero-order valence-corrected chi connectivity index (χ0v) is 15.8. The lowest BCUT2D eigenvalue weighted by molar-refractivity contribution is -0.192. The SMILES string of the molecule is COc1ncccc1CN1CCCC2(CCC(=O)N2C)C1.O=C(O)C(F)(F)F. The first-order chi connectivity index (χ1) is 13.1. The van der Waals surface area contributed by atoms with Crippen LogP contribution in [0.2, 0.25) is 0 Å². The number of carbonyl (C=O) groups is 2. The summed E-state index contributed by atoms with van der Waals surface area (Å²) in [5.41, 5.74) is 1.16. The lowest BCUT2D eigenvalue weighted by atomic mass is 9.86. The first-order valence-corrected chi connectivity index (χ1v) is 8.86. The van der Waals surface area contributed by atoms with E-state index in [0.717, 1.165) is 44.5 Å². The number of hydrogen-bond acceptors (Lipinski definition) is 5. The van der Waals surface area contributed by atoms with Crippen LogP contribution in [0.25, 0.3) is 0 Å². The van der Waals surface area contributed by atoms with Gasteiger partial charge in [0.1, 0.15) is 0 Å². The van der Waals surface area contributed by atoms with Crippen LogP contribution in [0.3, 0.4) is 0 Å². The van der Waals surface area contributed by atoms with Crippen molar-refractivity contribution >= 4 is 11.9 Å². The molecule has 1 unspecified atom stereocenters. The Kier molecular flexibility index (Phi) is 6.87. The van der Waals surface area contributed by atoms with Gasteiger partial charge in [-0.25, -0.2) is 9.78 Å². The van der Waals surface area contributed by atoms with Crippen LogP contribution in [0.1, 0.15) is 31.2 Å². The highest BCUT2D eigenvalue weighted by atomic mass is 19.4. The zero-order chi connectivity index (χ0) is 20.9. The standard InChI is InChI=1S/C16H23N3O2.C2HF3O2/c1-18-14(20)6-8-16(18)7-4-10-19(12-16)11-13-5-3-9-17-15(13)21-2;3-2(4,5)1(6)7/h3,5,9H,4,6-8,10-12H2,1-2H3;(H,6,7). The average Bonchev–Trinajstić information content (AvgIpc) is 2.90. The maximum Gasteiger partial charge on any atom is 0.490 e. The smallest absolute Gasteiger partial charge is 0.481 e. The molecular formula is C18H24F3N3O4. The fourth-order valence-corrected chi connectivity index (χ4v) is 3.73. The Labute approximate surface area is 161 Å². The molecule has 10 heteroatoms. The number of pyridine rings is 1. The minimum absolute atomic E-state index is 0.0464. The quantitative estimate of drug-likeness (QED) is 0.834. The monoisotopic (exact) mass is 403 g/mol. The Bertz CT molecular complexity index is 714. The number of carboxylic acids is 1. The van der Waals surface area contributed by atoms with Crippen LogP contribution in [0, 0.1) is 0 Å². The third-order valence-electron chi connectivity index (χ3n) is 5.20. The topological polar surface area (TPSA) is 83.0 Å². The second-order valence-electron chi connectivity index (χ2n) is 6.97. The molecule has 2 fully saturated rings. The maximum atomic E-state index is 11.9. The van der Waals surface area contributed by atoms with Gasteiger partial charge in [-0.2, -0.15) is 13.2 Å². The molecule has 3 rings (SSSR count). The van der Waals surface area contributed by atoms with Gasteiger partial charge in [-0.1, -0.05) is 6.07 Å². The largest absolute Gasteiger partial charge is 0.490 e. The van der Waals surface area contributed by atoms with Gasteiger partial charge in [-0.15, -0.1) is 0 Å². The van der Waals surface area contributed by atoms with E-state index in [-0.39, 0.29) is 11.4 Å². The number of amides is 1. The highest BCUT2D eigenvalue weighted by molar-refractivity contribution is 5.79. The van der Waals surface area contributed by atoms with Crippen molar-refractivity contribution in [1.82, 2.24) is 14.8 Å². The predicted octanol–water partition coefficient (Wildman–Crippen LogP) is 2.31. The van der Waals surface area contributed by atoms with E-state index in [4.69, 9.17) is 14.6 Å². The number of likely N-dealkylation sites (tertiary alicyclic amines) is 2. The number of aromatic nitrogens is 1. The van der Waals surface area contributed by atoms with Gasteiger partial charge in [0.25, 0.3) is 0 Å². The minimum atomic E-state index is -5.08. The first kappa shape index (κ1) is 21.9. The van der Waals surface area contributed by atoms with E-state index < -0.39 is 12.1 Å². The molecule has 1 N–H and O–H groups in total. The fourth-order valence-electron chi connectivity index (χ4n) is 3.73. The minimum Gasteiger partial charge on any atom is -0.481 e. The molecule has 0 aliphatic carbocycles. The molecule has 3 heterocycles. The second-order valence-corrected chi connectivity index (χ2v) is 6.97. The van der Waals surface area contributed by atoms with Gasteiger partial charge >= 0.3 is 12.1 Å². The lowest BCUT2D eigenvalue weighted by Gasteiger charge is -2.44. The first-order valence-electron chi connectivity index (χ1n) is 8.86. The summed E-state index contributed by atoms with van der Waals surface area (Å²) in [7, 11) is 3.62. The molecule has 2 aliphatic heterocycles. The number of carboxylic acid groups (broad SMARTS) is 1. The van der Waals surface area contributed by atoms with Crippen molar-refractivity contribution in [3.8, 4) is 5.88 Å². The average molecular weight is 403 g/mol. The molecular weight excluding hydrogens is 379 g/mol. The fraction of sp³-hybridized carbons (Fsp3) is 0.611. The summed E-state index contributed by atoms with van der Waals surface area (Å²) in [6.07, 6.45) is 0.614. The summed E-state index contributed by atoms with van der Waals surface area (Å²) >= 11 is 0. The zero-order valence-electron chi connectivity index (χ0n) is 15.8. The second kappa shape index (κ2) is 8.76. The number of likely N-dealkylation sites (N-methyl/N-ethyl adjacent to an activating group) is 1. The summed E-state index contributed by atoms with van der Waals surface area (Å²) in [5.74, 6) is -1.77. The number of ether oxygens (including phenoxy) is 1. The van der Waals surface area contributed by atoms with Crippen LogP contribution in [0.5, 0.6) is 5.88 Å². The van der Waals surface area contributed by atoms with Gasteiger partial charge < -0.3 is 14.7 Å². The lowest BCUT2D eigenvalue weighted by Crippen LogP contribution is -2.54. The van der Waals surface area contributed by atoms with Gasteiger partial charge in [-0.3, -0.25) is 9.69 Å². The van der Waals surface area contributed by atoms with Crippen LogP contribution in [0.15, 0.2) is 18.3 Å². The van der Waals surface area contributed by atoms with Gasteiger partial charge in [0.2, 0.25) is 11.8 Å². The van der Waals surface area contributed by atoms with Crippen molar-refractivity contribution in [1.29, 1.82) is 0 Å². The number of halogens is 3. The molecule has 0 saturated carbocycles. The van der Waals surface area contributed by atoms with Crippen molar-refractivity contribution in [2.45, 2.75) is 43.9 Å².